The fourth-order valence-electron chi connectivity index (χ4n) is 10.8. The molecular formula is C38H57N3O4. The van der Waals surface area contributed by atoms with Gasteiger partial charge in [-0.15, -0.1) is 0 Å². The second-order valence-corrected chi connectivity index (χ2v) is 15.9. The van der Waals surface area contributed by atoms with E-state index < -0.39 is 0 Å². The van der Waals surface area contributed by atoms with Crippen molar-refractivity contribution < 1.29 is 19.5 Å². The van der Waals surface area contributed by atoms with E-state index in [0.29, 0.717) is 30.3 Å². The van der Waals surface area contributed by atoms with Crippen LogP contribution >= 0.6 is 0 Å². The molecule has 2 N–H and O–H groups in total. The number of methoxy groups -OCH3 is 1. The maximum absolute atomic E-state index is 12.9. The average molecular weight is 620 g/mol. The number of nitrogens with one attached hydrogen (secondary N) is 1. The van der Waals surface area contributed by atoms with Crippen LogP contribution in [0.1, 0.15) is 97.5 Å². The van der Waals surface area contributed by atoms with Crippen molar-refractivity contribution in [2.24, 2.45) is 39.7 Å². The van der Waals surface area contributed by atoms with Gasteiger partial charge in [-0.2, -0.15) is 0 Å². The van der Waals surface area contributed by atoms with Gasteiger partial charge in [0.1, 0.15) is 5.75 Å². The van der Waals surface area contributed by atoms with E-state index >= 15 is 0 Å². The molecule has 0 radical (unpaired) electrons. The number of carbonyl (C=O) groups excluding carboxylic acids is 1. The fourth-order valence-corrected chi connectivity index (χ4v) is 10.8. The van der Waals surface area contributed by atoms with Gasteiger partial charge in [-0.25, -0.2) is 0 Å². The third kappa shape index (κ3) is 5.86. The summed E-state index contributed by atoms with van der Waals surface area (Å²) in [7, 11) is 3.91. The van der Waals surface area contributed by atoms with Crippen molar-refractivity contribution in [3.05, 3.63) is 41.5 Å². The van der Waals surface area contributed by atoms with E-state index in [9.17, 15) is 9.90 Å². The summed E-state index contributed by atoms with van der Waals surface area (Å²) in [6, 6.07) is 8.98. The first kappa shape index (κ1) is 32.6. The zero-order valence-corrected chi connectivity index (χ0v) is 28.6. The number of aliphatic hydroxyl groups is 1. The monoisotopic (exact) mass is 619 g/mol. The van der Waals surface area contributed by atoms with Crippen LogP contribution < -0.4 is 10.1 Å². The molecule has 3 saturated carbocycles. The Morgan fingerprint density at radius 2 is 1.84 bits per heavy atom. The minimum Gasteiger partial charge on any atom is -0.497 e. The molecule has 7 nitrogen and oxygen atoms in total. The zero-order chi connectivity index (χ0) is 32.0. The first-order chi connectivity index (χ1) is 21.5. The lowest BCUT2D eigenvalue weighted by Gasteiger charge is -2.57. The SMILES string of the molecule is COc1ccc([C@@]2(CCNC(=O)CO/N=C3\C=C4CC[C@H]5[C@@H]6CC[C@H](O)[C@@]6(C)CC[C@@H]5[C@@]4(C)CC3)C[C@@H](C)N(C)C[C@H]2C)cc1. The van der Waals surface area contributed by atoms with Gasteiger partial charge in [0.05, 0.1) is 18.9 Å². The van der Waals surface area contributed by atoms with Crippen LogP contribution in [0.3, 0.4) is 0 Å². The Morgan fingerprint density at radius 3 is 2.60 bits per heavy atom. The first-order valence-corrected chi connectivity index (χ1v) is 17.7. The van der Waals surface area contributed by atoms with Crippen LogP contribution in [0.2, 0.25) is 0 Å². The lowest BCUT2D eigenvalue weighted by atomic mass is 9.47. The van der Waals surface area contributed by atoms with Gasteiger partial charge in [0.15, 0.2) is 6.61 Å². The Kier molecular flexibility index (Phi) is 9.17. The molecule has 1 amide bonds. The lowest BCUT2D eigenvalue weighted by molar-refractivity contribution is -0.125. The molecule has 0 aromatic heterocycles. The van der Waals surface area contributed by atoms with Gasteiger partial charge in [0, 0.05) is 24.5 Å². The molecule has 0 bridgehead atoms. The minimum absolute atomic E-state index is 0.0129. The molecule has 1 aliphatic heterocycles. The number of fused-ring (bicyclic) bond motifs is 5. The average Bonchev–Trinajstić information content (AvgIpc) is 3.33. The third-order valence-electron chi connectivity index (χ3n) is 13.8. The molecule has 1 aromatic rings. The quantitative estimate of drug-likeness (QED) is 0.325. The summed E-state index contributed by atoms with van der Waals surface area (Å²) in [6.45, 7) is 11.1. The number of piperidine rings is 1. The summed E-state index contributed by atoms with van der Waals surface area (Å²) in [4.78, 5) is 21.0. The molecule has 248 valence electrons. The number of amides is 1. The summed E-state index contributed by atoms with van der Waals surface area (Å²) in [6.07, 6.45) is 13.0. The van der Waals surface area contributed by atoms with Crippen molar-refractivity contribution in [2.45, 2.75) is 109 Å². The second kappa shape index (κ2) is 12.7. The van der Waals surface area contributed by atoms with E-state index in [2.05, 4.69) is 80.5 Å². The number of ether oxygens (including phenoxy) is 1. The Labute approximate surface area is 271 Å². The molecule has 6 rings (SSSR count). The Balaban J connectivity index is 1.04. The van der Waals surface area contributed by atoms with Gasteiger partial charge in [-0.3, -0.25) is 4.79 Å². The van der Waals surface area contributed by atoms with Gasteiger partial charge >= 0.3 is 0 Å². The minimum atomic E-state index is -0.122. The fraction of sp³-hybridized carbons (Fsp3) is 0.737. The highest BCUT2D eigenvalue weighted by Crippen LogP contribution is 2.65. The highest BCUT2D eigenvalue weighted by Gasteiger charge is 2.58. The third-order valence-corrected chi connectivity index (χ3v) is 13.8. The number of hydrogen-bond acceptors (Lipinski definition) is 6. The molecule has 1 aromatic carbocycles. The molecule has 1 heterocycles. The summed E-state index contributed by atoms with van der Waals surface area (Å²) in [5.41, 5.74) is 4.14. The number of likely N-dealkylation sites (tertiary alicyclic amines) is 1. The smallest absolute Gasteiger partial charge is 0.260 e. The zero-order valence-electron chi connectivity index (χ0n) is 28.6. The normalized spacial score (nSPS) is 40.6. The number of aliphatic hydroxyl groups excluding tert-OH is 1. The van der Waals surface area contributed by atoms with Crippen LogP contribution in [-0.2, 0) is 15.0 Å². The largest absolute Gasteiger partial charge is 0.497 e. The second-order valence-electron chi connectivity index (χ2n) is 15.9. The van der Waals surface area contributed by atoms with E-state index in [1.54, 1.807) is 7.11 Å². The summed E-state index contributed by atoms with van der Waals surface area (Å²) < 4.78 is 5.42. The van der Waals surface area contributed by atoms with E-state index in [-0.39, 0.29) is 34.9 Å². The van der Waals surface area contributed by atoms with Crippen LogP contribution in [0.25, 0.3) is 0 Å². The van der Waals surface area contributed by atoms with Crippen LogP contribution in [0.4, 0.5) is 0 Å². The topological polar surface area (TPSA) is 83.4 Å². The van der Waals surface area contributed by atoms with Crippen LogP contribution in [0, 0.1) is 34.5 Å². The highest BCUT2D eigenvalue weighted by atomic mass is 16.6. The van der Waals surface area contributed by atoms with E-state index in [1.165, 1.54) is 30.4 Å². The molecule has 45 heavy (non-hydrogen) atoms. The Morgan fingerprint density at radius 1 is 1.07 bits per heavy atom. The number of benzene rings is 1. The van der Waals surface area contributed by atoms with Crippen molar-refractivity contribution in [1.29, 1.82) is 0 Å². The predicted octanol–water partition coefficient (Wildman–Crippen LogP) is 6.50. The van der Waals surface area contributed by atoms with Gasteiger partial charge < -0.3 is 24.9 Å². The van der Waals surface area contributed by atoms with Crippen molar-refractivity contribution >= 4 is 11.6 Å². The number of allylic oxidation sites excluding steroid dienone is 2. The van der Waals surface area contributed by atoms with Crippen molar-refractivity contribution in [3.63, 3.8) is 0 Å². The number of nitrogens with zero attached hydrogens (tertiary/aromatic N) is 2. The number of hydrogen-bond donors (Lipinski definition) is 2. The highest BCUT2D eigenvalue weighted by molar-refractivity contribution is 5.96. The summed E-state index contributed by atoms with van der Waals surface area (Å²) >= 11 is 0. The molecule has 4 aliphatic carbocycles. The molecule has 5 aliphatic rings. The van der Waals surface area contributed by atoms with Crippen molar-refractivity contribution in [2.75, 3.05) is 33.9 Å². The van der Waals surface area contributed by atoms with E-state index in [1.807, 2.05) is 0 Å². The molecule has 9 atom stereocenters. The van der Waals surface area contributed by atoms with Crippen LogP contribution in [0.15, 0.2) is 41.1 Å². The first-order valence-electron chi connectivity index (χ1n) is 17.7. The van der Waals surface area contributed by atoms with Gasteiger partial charge in [-0.1, -0.05) is 43.6 Å². The lowest BCUT2D eigenvalue weighted by Crippen LogP contribution is -2.52. The Hall–Kier alpha value is -2.38. The summed E-state index contributed by atoms with van der Waals surface area (Å²) in [5, 5.41) is 18.4. The standard InChI is InChI=1S/C38H57N3O4/c1-25-23-41(5)26(2)22-38(25,27-7-10-30(44-6)11-8-27)19-20-39-35(43)24-45-40-29-15-17-36(3)28(21-29)9-12-31-32-13-14-34(42)37(32,4)18-16-33(31)36/h7-8,10-11,21,25-26,31-34,42H,9,12-20,22-24H2,1-6H3,(H,39,43)/b40-29-/t25-,26-,31+,32+,33+,34+,36+,37+,38+/m1/s1. The maximum atomic E-state index is 12.9. The molecule has 4 fully saturated rings. The molecule has 0 unspecified atom stereocenters. The maximum Gasteiger partial charge on any atom is 0.260 e. The van der Waals surface area contributed by atoms with Gasteiger partial charge in [0.2, 0.25) is 0 Å². The number of rotatable bonds is 8. The number of carbonyl (C=O) groups is 1. The summed E-state index contributed by atoms with van der Waals surface area (Å²) in [5.74, 6) is 3.30. The van der Waals surface area contributed by atoms with E-state index in [0.717, 1.165) is 68.9 Å². The Bertz CT molecular complexity index is 1290. The van der Waals surface area contributed by atoms with Gasteiger partial charge in [0.25, 0.3) is 5.91 Å². The molecule has 1 saturated heterocycles. The molecular weight excluding hydrogens is 562 g/mol. The van der Waals surface area contributed by atoms with Crippen molar-refractivity contribution in [3.8, 4) is 5.75 Å². The molecule has 7 heteroatoms. The van der Waals surface area contributed by atoms with E-state index in [4.69, 9.17) is 9.57 Å². The van der Waals surface area contributed by atoms with Crippen molar-refractivity contribution in [1.82, 2.24) is 10.2 Å². The van der Waals surface area contributed by atoms with Crippen LogP contribution in [-0.4, -0.2) is 67.6 Å². The number of oxime groups is 1. The van der Waals surface area contributed by atoms with Crippen LogP contribution in [0.5, 0.6) is 5.75 Å². The van der Waals surface area contributed by atoms with Gasteiger partial charge in [-0.05, 0) is 136 Å². The molecule has 0 spiro atoms. The predicted molar refractivity (Wildman–Crippen MR) is 179 cm³/mol.